The Morgan fingerprint density at radius 3 is 1.56 bits per heavy atom. The lowest BCUT2D eigenvalue weighted by atomic mass is 9.89. The fourth-order valence-electron chi connectivity index (χ4n) is 1.86. The standard InChI is InChI=1S/C7H13N.ClH/c1-4-8-5-2-7(1)3-6-8;/h7H,1-6H2;1H. The molecule has 2 heteroatoms. The van der Waals surface area contributed by atoms with Gasteiger partial charge in [-0.25, -0.2) is 0 Å². The van der Waals surface area contributed by atoms with E-state index in [2.05, 4.69) is 4.90 Å². The molecule has 3 saturated heterocycles. The molecule has 0 N–H and O–H groups in total. The van der Waals surface area contributed by atoms with Gasteiger partial charge in [0.2, 0.25) is 0 Å². The summed E-state index contributed by atoms with van der Waals surface area (Å²) in [6.07, 6.45) is 4.46. The molecule has 0 aromatic rings. The number of nitrogens with zero attached hydrogens (tertiary/aromatic N) is 1. The van der Waals surface area contributed by atoms with Crippen LogP contribution in [-0.4, -0.2) is 24.5 Å². The Labute approximate surface area is 64.3 Å². The van der Waals surface area contributed by atoms with Crippen LogP contribution in [0, 0.1) is 5.92 Å². The third-order valence-corrected chi connectivity index (χ3v) is 2.56. The minimum atomic E-state index is 0. The molecule has 0 atom stereocenters. The lowest BCUT2D eigenvalue weighted by Crippen LogP contribution is -3.00. The maximum Gasteiger partial charge on any atom is 1.00 e. The van der Waals surface area contributed by atoms with Crippen molar-refractivity contribution in [3.05, 3.63) is 0 Å². The predicted octanol–water partition coefficient (Wildman–Crippen LogP) is -1.78. The maximum absolute atomic E-state index is 2.58. The van der Waals surface area contributed by atoms with Crippen LogP contribution in [0.25, 0.3) is 0 Å². The molecule has 0 radical (unpaired) electrons. The monoisotopic (exact) mass is 147 g/mol. The van der Waals surface area contributed by atoms with Gasteiger partial charge < -0.3 is 17.3 Å². The largest absolute Gasteiger partial charge is 1.00 e. The molecule has 1 nitrogen and oxygen atoms in total. The first-order valence-electron chi connectivity index (χ1n) is 3.67. The minimum absolute atomic E-state index is 0. The molecule has 0 saturated carbocycles. The van der Waals surface area contributed by atoms with Gasteiger partial charge in [-0.1, -0.05) is 0 Å². The zero-order valence-electron chi connectivity index (χ0n) is 6.65. The van der Waals surface area contributed by atoms with Gasteiger partial charge >= 0.3 is 1.43 Å². The van der Waals surface area contributed by atoms with Crippen LogP contribution < -0.4 is 12.4 Å². The summed E-state index contributed by atoms with van der Waals surface area (Å²) in [5.74, 6) is 1.11. The van der Waals surface area contributed by atoms with Crippen LogP contribution in [0.2, 0.25) is 0 Å². The van der Waals surface area contributed by atoms with E-state index in [9.17, 15) is 0 Å². The summed E-state index contributed by atoms with van der Waals surface area (Å²) in [6.45, 7) is 4.18. The number of piperidine rings is 3. The third-order valence-electron chi connectivity index (χ3n) is 2.56. The molecule has 9 heavy (non-hydrogen) atoms. The summed E-state index contributed by atoms with van der Waals surface area (Å²) < 4.78 is 0. The number of fused-ring (bicyclic) bond motifs is 3. The van der Waals surface area contributed by atoms with Gasteiger partial charge in [0, 0.05) is 0 Å². The van der Waals surface area contributed by atoms with Gasteiger partial charge in [-0.2, -0.15) is 0 Å². The Hall–Kier alpha value is 0.250. The van der Waals surface area contributed by atoms with E-state index in [1.807, 2.05) is 0 Å². The molecule has 0 spiro atoms. The van der Waals surface area contributed by atoms with Gasteiger partial charge in [0.1, 0.15) is 0 Å². The smallest absolute Gasteiger partial charge is 1.00 e. The van der Waals surface area contributed by atoms with E-state index < -0.39 is 0 Å². The molecule has 54 valence electrons. The Morgan fingerprint density at radius 1 is 1.00 bits per heavy atom. The molecule has 3 aliphatic rings. The van der Waals surface area contributed by atoms with E-state index in [4.69, 9.17) is 0 Å². The fourth-order valence-corrected chi connectivity index (χ4v) is 1.86. The van der Waals surface area contributed by atoms with Crippen LogP contribution in [0.1, 0.15) is 20.7 Å². The zero-order valence-corrected chi connectivity index (χ0v) is 6.40. The van der Waals surface area contributed by atoms with Crippen LogP contribution in [0.4, 0.5) is 0 Å². The Balaban J connectivity index is 0.000000405. The summed E-state index contributed by atoms with van der Waals surface area (Å²) >= 11 is 0. The first-order chi connectivity index (χ1) is 3.95. The molecule has 3 aliphatic heterocycles. The Kier molecular flexibility index (Phi) is 2.36. The van der Waals surface area contributed by atoms with Crippen molar-refractivity contribution in [2.24, 2.45) is 5.92 Å². The average molecular weight is 148 g/mol. The number of hydrogen-bond acceptors (Lipinski definition) is 1. The van der Waals surface area contributed by atoms with Gasteiger partial charge in [0.25, 0.3) is 0 Å². The van der Waals surface area contributed by atoms with Crippen LogP contribution >= 0.6 is 0 Å². The zero-order chi connectivity index (χ0) is 5.40. The van der Waals surface area contributed by atoms with Crippen LogP contribution in [0.3, 0.4) is 0 Å². The molecule has 0 unspecified atom stereocenters. The summed E-state index contributed by atoms with van der Waals surface area (Å²) in [4.78, 5) is 2.58. The Bertz CT molecular complexity index is 68.6. The van der Waals surface area contributed by atoms with Crippen molar-refractivity contribution in [1.29, 1.82) is 0 Å². The lowest BCUT2D eigenvalue weighted by molar-refractivity contribution is -0.00000177. The van der Waals surface area contributed by atoms with Crippen molar-refractivity contribution in [3.8, 4) is 0 Å². The molecule has 0 amide bonds. The minimum Gasteiger partial charge on any atom is -1.00 e. The van der Waals surface area contributed by atoms with E-state index in [1.54, 1.807) is 0 Å². The van der Waals surface area contributed by atoms with Crippen LogP contribution in [0.5, 0.6) is 0 Å². The first kappa shape index (κ1) is 7.36. The third kappa shape index (κ3) is 1.39. The number of halogens is 1. The van der Waals surface area contributed by atoms with Gasteiger partial charge in [-0.15, -0.1) is 0 Å². The number of rotatable bonds is 0. The Morgan fingerprint density at radius 2 is 1.44 bits per heavy atom. The molecular weight excluding hydrogens is 134 g/mol. The topological polar surface area (TPSA) is 3.24 Å². The van der Waals surface area contributed by atoms with E-state index in [1.165, 1.54) is 38.9 Å². The SMILES string of the molecule is C1CN2CCC1CC2.[Cl-].[H+]. The predicted molar refractivity (Wildman–Crippen MR) is 34.9 cm³/mol. The summed E-state index contributed by atoms with van der Waals surface area (Å²) in [5.41, 5.74) is 0. The summed E-state index contributed by atoms with van der Waals surface area (Å²) in [7, 11) is 0. The molecular formula is C7H14ClN. The highest BCUT2D eigenvalue weighted by Crippen LogP contribution is 2.26. The molecule has 3 fully saturated rings. The highest BCUT2D eigenvalue weighted by Gasteiger charge is 2.24. The fraction of sp³-hybridized carbons (Fsp3) is 1.00. The maximum atomic E-state index is 2.58. The molecule has 0 aromatic carbocycles. The lowest BCUT2D eigenvalue weighted by Gasteiger charge is -2.38. The highest BCUT2D eigenvalue weighted by molar-refractivity contribution is 4.78. The molecule has 3 rings (SSSR count). The van der Waals surface area contributed by atoms with E-state index in [-0.39, 0.29) is 13.8 Å². The second-order valence-electron chi connectivity index (χ2n) is 3.07. The molecule has 3 heterocycles. The van der Waals surface area contributed by atoms with Gasteiger partial charge in [-0.05, 0) is 44.8 Å². The van der Waals surface area contributed by atoms with Crippen molar-refractivity contribution in [3.63, 3.8) is 0 Å². The van der Waals surface area contributed by atoms with Crippen LogP contribution in [-0.2, 0) is 0 Å². The quantitative estimate of drug-likeness (QED) is 0.392. The number of hydrogen-bond donors (Lipinski definition) is 0. The van der Waals surface area contributed by atoms with Crippen molar-refractivity contribution < 1.29 is 13.8 Å². The highest BCUT2D eigenvalue weighted by atomic mass is 35.5. The average Bonchev–Trinajstić information content (AvgIpc) is 1.92. The second-order valence-corrected chi connectivity index (χ2v) is 3.07. The summed E-state index contributed by atoms with van der Waals surface area (Å²) in [5, 5.41) is 0. The van der Waals surface area contributed by atoms with Gasteiger partial charge in [0.05, 0.1) is 0 Å². The first-order valence-corrected chi connectivity index (χ1v) is 3.67. The van der Waals surface area contributed by atoms with Gasteiger partial charge in [0.15, 0.2) is 0 Å². The van der Waals surface area contributed by atoms with E-state index in [0.717, 1.165) is 5.92 Å². The second kappa shape index (κ2) is 2.89. The molecule has 0 aromatic heterocycles. The van der Waals surface area contributed by atoms with Crippen LogP contribution in [0.15, 0.2) is 0 Å². The summed E-state index contributed by atoms with van der Waals surface area (Å²) in [6, 6.07) is 0. The van der Waals surface area contributed by atoms with Crippen molar-refractivity contribution in [2.75, 3.05) is 19.6 Å². The van der Waals surface area contributed by atoms with Gasteiger partial charge in [-0.3, -0.25) is 0 Å². The normalized spacial score (nSPS) is 40.0. The molecule has 2 bridgehead atoms. The van der Waals surface area contributed by atoms with E-state index in [0.29, 0.717) is 0 Å². The van der Waals surface area contributed by atoms with Crippen molar-refractivity contribution >= 4 is 0 Å². The van der Waals surface area contributed by atoms with Crippen molar-refractivity contribution in [1.82, 2.24) is 4.90 Å². The van der Waals surface area contributed by atoms with Crippen molar-refractivity contribution in [2.45, 2.75) is 19.3 Å². The van der Waals surface area contributed by atoms with E-state index >= 15 is 0 Å². The molecule has 0 aliphatic carbocycles.